The number of hydrogen-bond donors (Lipinski definition) is 0. The fraction of sp³-hybridized carbons (Fsp3) is 0.200. The van der Waals surface area contributed by atoms with Gasteiger partial charge in [0.25, 0.3) is 0 Å². The van der Waals surface area contributed by atoms with Crippen molar-refractivity contribution in [2.24, 2.45) is 4.99 Å². The Hall–Kier alpha value is -1.37. The minimum Gasteiger partial charge on any atom is -0.493 e. The molecule has 0 unspecified atom stereocenters. The first kappa shape index (κ1) is 17.0. The molecule has 22 heavy (non-hydrogen) atoms. The number of thioether (sulfide) groups is 2. The van der Waals surface area contributed by atoms with Crippen LogP contribution in [0.25, 0.3) is 6.08 Å². The van der Waals surface area contributed by atoms with E-state index in [0.717, 1.165) is 21.7 Å². The normalized spacial score (nSPS) is 15.9. The van der Waals surface area contributed by atoms with Gasteiger partial charge in [-0.1, -0.05) is 29.4 Å². The summed E-state index contributed by atoms with van der Waals surface area (Å²) in [6.45, 7) is 3.65. The van der Waals surface area contributed by atoms with Crippen LogP contribution in [0, 0.1) is 0 Å². The van der Waals surface area contributed by atoms with Crippen LogP contribution in [0.2, 0.25) is 5.02 Å². The molecule has 1 aromatic rings. The Morgan fingerprint density at radius 3 is 2.82 bits per heavy atom. The average Bonchev–Trinajstić information content (AvgIpc) is 2.84. The topological polar surface area (TPSA) is 47.9 Å². The van der Waals surface area contributed by atoms with Crippen molar-refractivity contribution in [2.75, 3.05) is 20.0 Å². The van der Waals surface area contributed by atoms with Gasteiger partial charge < -0.3 is 9.47 Å². The fourth-order valence-corrected chi connectivity index (χ4v) is 3.66. The third-order valence-electron chi connectivity index (χ3n) is 2.68. The lowest BCUT2D eigenvalue weighted by atomic mass is 10.1. The molecular weight excluding hydrogens is 342 g/mol. The van der Waals surface area contributed by atoms with Crippen LogP contribution in [0.1, 0.15) is 5.56 Å². The molecular formula is C15H14ClNO3S2. The lowest BCUT2D eigenvalue weighted by Gasteiger charge is -2.10. The van der Waals surface area contributed by atoms with Crippen molar-refractivity contribution in [1.29, 1.82) is 0 Å². The number of carbonyl (C=O) groups excluding carboxylic acids is 1. The molecule has 1 heterocycles. The van der Waals surface area contributed by atoms with E-state index in [1.165, 1.54) is 26.0 Å². The van der Waals surface area contributed by atoms with Crippen LogP contribution in [0.15, 0.2) is 35.5 Å². The Labute approximate surface area is 142 Å². The number of carbonyl (C=O) groups is 1. The molecule has 2 rings (SSSR count). The zero-order valence-corrected chi connectivity index (χ0v) is 14.5. The van der Waals surface area contributed by atoms with Crippen LogP contribution in [0.5, 0.6) is 11.5 Å². The lowest BCUT2D eigenvalue weighted by Crippen LogP contribution is -1.93. The van der Waals surface area contributed by atoms with E-state index in [-0.39, 0.29) is 5.12 Å². The van der Waals surface area contributed by atoms with Gasteiger partial charge in [-0.15, -0.1) is 6.58 Å². The first-order valence-electron chi connectivity index (χ1n) is 6.26. The molecule has 0 N–H and O–H groups in total. The molecule has 0 fully saturated rings. The number of methoxy groups -OCH3 is 2. The molecule has 0 saturated heterocycles. The van der Waals surface area contributed by atoms with Crippen molar-refractivity contribution in [3.63, 3.8) is 0 Å². The summed E-state index contributed by atoms with van der Waals surface area (Å²) in [5.41, 5.74) is 1.12. The largest absolute Gasteiger partial charge is 0.493 e. The molecule has 0 saturated carbocycles. The first-order chi connectivity index (χ1) is 10.6. The van der Waals surface area contributed by atoms with Crippen LogP contribution in [0.3, 0.4) is 0 Å². The summed E-state index contributed by atoms with van der Waals surface area (Å²) >= 11 is 8.76. The Morgan fingerprint density at radius 2 is 2.18 bits per heavy atom. The van der Waals surface area contributed by atoms with Gasteiger partial charge in [-0.25, -0.2) is 4.99 Å². The van der Waals surface area contributed by atoms with Crippen LogP contribution < -0.4 is 9.47 Å². The van der Waals surface area contributed by atoms with Crippen molar-refractivity contribution in [1.82, 2.24) is 0 Å². The minimum absolute atomic E-state index is 0.0857. The van der Waals surface area contributed by atoms with Crippen LogP contribution >= 0.6 is 35.1 Å². The summed E-state index contributed by atoms with van der Waals surface area (Å²) in [5.74, 6) is 1.68. The van der Waals surface area contributed by atoms with Crippen molar-refractivity contribution >= 4 is 50.7 Å². The van der Waals surface area contributed by atoms with Crippen molar-refractivity contribution in [3.8, 4) is 11.5 Å². The molecule has 1 aliphatic heterocycles. The molecule has 0 atom stereocenters. The van der Waals surface area contributed by atoms with E-state index in [1.54, 1.807) is 24.3 Å². The standard InChI is InChI=1S/C15H14ClNO3S2/c1-4-5-21-15-17-11(14(18)22-15)7-9-6-10(16)13(20-3)12(8-9)19-2/h4,6-8H,1,5H2,2-3H3. The van der Waals surface area contributed by atoms with E-state index in [0.29, 0.717) is 28.0 Å². The van der Waals surface area contributed by atoms with Crippen LogP contribution in [-0.2, 0) is 4.79 Å². The molecule has 1 aliphatic rings. The fourth-order valence-electron chi connectivity index (χ4n) is 1.76. The molecule has 4 nitrogen and oxygen atoms in total. The van der Waals surface area contributed by atoms with Crippen molar-refractivity contribution in [2.45, 2.75) is 0 Å². The van der Waals surface area contributed by atoms with Gasteiger partial charge in [0, 0.05) is 5.75 Å². The Kier molecular flexibility index (Phi) is 5.99. The molecule has 0 amide bonds. The maximum absolute atomic E-state index is 12.0. The number of rotatable bonds is 5. The third kappa shape index (κ3) is 3.88. The zero-order chi connectivity index (χ0) is 16.1. The smallest absolute Gasteiger partial charge is 0.244 e. The second-order valence-electron chi connectivity index (χ2n) is 4.13. The summed E-state index contributed by atoms with van der Waals surface area (Å²) in [5, 5.41) is 0.328. The van der Waals surface area contributed by atoms with Crippen LogP contribution in [0.4, 0.5) is 0 Å². The minimum atomic E-state index is -0.0857. The molecule has 1 aromatic carbocycles. The summed E-state index contributed by atoms with van der Waals surface area (Å²) in [6.07, 6.45) is 3.46. The molecule has 0 bridgehead atoms. The Balaban J connectivity index is 2.32. The molecule has 7 heteroatoms. The van der Waals surface area contributed by atoms with Gasteiger partial charge in [-0.2, -0.15) is 0 Å². The van der Waals surface area contributed by atoms with Gasteiger partial charge in [0.05, 0.1) is 19.2 Å². The molecule has 0 aromatic heterocycles. The highest BCUT2D eigenvalue weighted by molar-refractivity contribution is 8.45. The number of halogens is 1. The number of nitrogens with zero attached hydrogens (tertiary/aromatic N) is 1. The highest BCUT2D eigenvalue weighted by atomic mass is 35.5. The van der Waals surface area contributed by atoms with Gasteiger partial charge in [0.2, 0.25) is 5.12 Å². The monoisotopic (exact) mass is 355 g/mol. The summed E-state index contributed by atoms with van der Waals surface area (Å²) < 4.78 is 11.2. The van der Waals surface area contributed by atoms with E-state index in [4.69, 9.17) is 21.1 Å². The number of ether oxygens (including phenoxy) is 2. The van der Waals surface area contributed by atoms with E-state index in [2.05, 4.69) is 11.6 Å². The van der Waals surface area contributed by atoms with Gasteiger partial charge in [0.15, 0.2) is 11.5 Å². The van der Waals surface area contributed by atoms with E-state index in [9.17, 15) is 4.79 Å². The Morgan fingerprint density at radius 1 is 1.41 bits per heavy atom. The van der Waals surface area contributed by atoms with E-state index in [1.807, 2.05) is 0 Å². The molecule has 116 valence electrons. The second kappa shape index (κ2) is 7.76. The number of hydrogen-bond acceptors (Lipinski definition) is 6. The highest BCUT2D eigenvalue weighted by Crippen LogP contribution is 2.37. The van der Waals surface area contributed by atoms with Gasteiger partial charge in [0.1, 0.15) is 10.1 Å². The highest BCUT2D eigenvalue weighted by Gasteiger charge is 2.22. The van der Waals surface area contributed by atoms with Crippen molar-refractivity contribution < 1.29 is 14.3 Å². The van der Waals surface area contributed by atoms with Gasteiger partial charge in [-0.3, -0.25) is 4.79 Å². The molecule has 0 spiro atoms. The van der Waals surface area contributed by atoms with Crippen molar-refractivity contribution in [3.05, 3.63) is 41.1 Å². The number of aliphatic imine (C=N–C) groups is 1. The van der Waals surface area contributed by atoms with E-state index >= 15 is 0 Å². The Bertz CT molecular complexity index is 671. The van der Waals surface area contributed by atoms with E-state index < -0.39 is 0 Å². The first-order valence-corrected chi connectivity index (χ1v) is 8.44. The predicted octanol–water partition coefficient (Wildman–Crippen LogP) is 4.25. The quantitative estimate of drug-likeness (QED) is 0.583. The SMILES string of the molecule is C=CCSC1=NC(=Cc2cc(Cl)c(OC)c(OC)c2)C(=O)S1. The van der Waals surface area contributed by atoms with Gasteiger partial charge >= 0.3 is 0 Å². The third-order valence-corrected chi connectivity index (χ3v) is 4.97. The molecule has 0 aliphatic carbocycles. The summed E-state index contributed by atoms with van der Waals surface area (Å²) in [4.78, 5) is 16.3. The number of benzene rings is 1. The lowest BCUT2D eigenvalue weighted by molar-refractivity contribution is -0.107. The van der Waals surface area contributed by atoms with Gasteiger partial charge in [-0.05, 0) is 35.5 Å². The second-order valence-corrected chi connectivity index (χ2v) is 6.77. The predicted molar refractivity (Wildman–Crippen MR) is 95.2 cm³/mol. The average molecular weight is 356 g/mol. The molecule has 0 radical (unpaired) electrons. The summed E-state index contributed by atoms with van der Waals surface area (Å²) in [7, 11) is 3.05. The van der Waals surface area contributed by atoms with Crippen LogP contribution in [-0.4, -0.2) is 29.5 Å². The maximum Gasteiger partial charge on any atom is 0.244 e. The zero-order valence-electron chi connectivity index (χ0n) is 12.1. The summed E-state index contributed by atoms with van der Waals surface area (Å²) in [6, 6.07) is 3.46. The maximum atomic E-state index is 12.0.